The maximum absolute atomic E-state index is 10.0. The van der Waals surface area contributed by atoms with Crippen molar-refractivity contribution >= 4 is 23.5 Å². The van der Waals surface area contributed by atoms with Crippen LogP contribution in [0.25, 0.3) is 0 Å². The first-order valence-electron chi connectivity index (χ1n) is 10.8. The number of thioether (sulfide) groups is 2. The third kappa shape index (κ3) is 8.15. The normalized spacial score (nSPS) is 15.2. The number of hydrogen-bond acceptors (Lipinski definition) is 4. The summed E-state index contributed by atoms with van der Waals surface area (Å²) < 4.78 is 0.941. The Morgan fingerprint density at radius 1 is 1.14 bits per heavy atom. The van der Waals surface area contributed by atoms with E-state index >= 15 is 0 Å². The van der Waals surface area contributed by atoms with Gasteiger partial charge in [-0.25, -0.2) is 0 Å². The fraction of sp³-hybridized carbons (Fsp3) is 0.560. The number of nitriles is 1. The Kier molecular flexibility index (Phi) is 11.6. The van der Waals surface area contributed by atoms with E-state index in [1.54, 1.807) is 17.8 Å². The van der Waals surface area contributed by atoms with E-state index in [1.165, 1.54) is 31.0 Å². The van der Waals surface area contributed by atoms with Crippen molar-refractivity contribution in [2.45, 2.75) is 89.9 Å². The van der Waals surface area contributed by atoms with Crippen LogP contribution >= 0.6 is 23.5 Å². The summed E-state index contributed by atoms with van der Waals surface area (Å²) in [7, 11) is 0. The van der Waals surface area contributed by atoms with Crippen LogP contribution in [0.3, 0.4) is 0 Å². The van der Waals surface area contributed by atoms with Crippen molar-refractivity contribution < 1.29 is 5.11 Å². The van der Waals surface area contributed by atoms with Crippen molar-refractivity contribution in [1.29, 1.82) is 5.26 Å². The Morgan fingerprint density at radius 2 is 1.79 bits per heavy atom. The SMILES string of the molecule is C=C(CCCC(C)C)/C(C#N)=C1\Sc2c(C)ccc(O)c2S1.CCCC(C)CC. The molecule has 1 unspecified atom stereocenters. The van der Waals surface area contributed by atoms with Crippen molar-refractivity contribution in [1.82, 2.24) is 0 Å². The van der Waals surface area contributed by atoms with Crippen LogP contribution in [0.5, 0.6) is 5.75 Å². The van der Waals surface area contributed by atoms with Crippen molar-refractivity contribution in [3.63, 3.8) is 0 Å². The zero-order valence-electron chi connectivity index (χ0n) is 19.0. The molecule has 0 radical (unpaired) electrons. The van der Waals surface area contributed by atoms with Crippen LogP contribution in [-0.4, -0.2) is 5.11 Å². The summed E-state index contributed by atoms with van der Waals surface area (Å²) in [5.74, 6) is 1.91. The molecule has 2 rings (SSSR count). The first kappa shape index (κ1) is 25.7. The minimum Gasteiger partial charge on any atom is -0.507 e. The predicted octanol–water partition coefficient (Wildman–Crippen LogP) is 8.85. The van der Waals surface area contributed by atoms with Crippen LogP contribution in [0, 0.1) is 30.1 Å². The van der Waals surface area contributed by atoms with Crippen LogP contribution in [-0.2, 0) is 0 Å². The summed E-state index contributed by atoms with van der Waals surface area (Å²) in [6.07, 6.45) is 7.14. The minimum absolute atomic E-state index is 0.288. The van der Waals surface area contributed by atoms with E-state index in [1.807, 2.05) is 13.0 Å². The molecule has 2 nitrogen and oxygen atoms in total. The number of aromatic hydroxyl groups is 1. The number of hydrogen-bond donors (Lipinski definition) is 1. The maximum atomic E-state index is 10.0. The molecule has 1 heterocycles. The van der Waals surface area contributed by atoms with Crippen molar-refractivity contribution in [3.05, 3.63) is 39.7 Å². The molecule has 0 aliphatic carbocycles. The van der Waals surface area contributed by atoms with Gasteiger partial charge in [0.05, 0.1) is 14.7 Å². The van der Waals surface area contributed by atoms with Crippen molar-refractivity contribution in [3.8, 4) is 11.8 Å². The summed E-state index contributed by atoms with van der Waals surface area (Å²) in [6.45, 7) is 17.3. The first-order chi connectivity index (χ1) is 13.7. The molecule has 0 aromatic heterocycles. The summed E-state index contributed by atoms with van der Waals surface area (Å²) in [5, 5.41) is 19.5. The van der Waals surface area contributed by atoms with Crippen LogP contribution in [0.2, 0.25) is 0 Å². The van der Waals surface area contributed by atoms with E-state index < -0.39 is 0 Å². The topological polar surface area (TPSA) is 44.0 Å². The number of benzene rings is 1. The zero-order valence-corrected chi connectivity index (χ0v) is 20.6. The molecule has 1 aliphatic heterocycles. The average molecular weight is 432 g/mol. The molecule has 0 bridgehead atoms. The number of rotatable bonds is 8. The van der Waals surface area contributed by atoms with Crippen LogP contribution in [0.4, 0.5) is 0 Å². The molecule has 1 aromatic rings. The predicted molar refractivity (Wildman–Crippen MR) is 129 cm³/mol. The Bertz CT molecular complexity index is 726. The Balaban J connectivity index is 0.000000516. The Labute approximate surface area is 186 Å². The Morgan fingerprint density at radius 3 is 2.28 bits per heavy atom. The lowest BCUT2D eigenvalue weighted by atomic mass is 10.0. The van der Waals surface area contributed by atoms with Gasteiger partial charge in [0.1, 0.15) is 11.8 Å². The fourth-order valence-corrected chi connectivity index (χ4v) is 5.72. The highest BCUT2D eigenvalue weighted by molar-refractivity contribution is 8.24. The second-order valence-corrected chi connectivity index (χ2v) is 10.5. The number of allylic oxidation sites excluding steroid dienone is 2. The summed E-state index contributed by atoms with van der Waals surface area (Å²) >= 11 is 3.06. The van der Waals surface area contributed by atoms with Gasteiger partial charge in [0, 0.05) is 4.90 Å². The average Bonchev–Trinajstić information content (AvgIpc) is 3.12. The van der Waals surface area contributed by atoms with Gasteiger partial charge < -0.3 is 5.11 Å². The number of aryl methyl sites for hydroxylation is 1. The van der Waals surface area contributed by atoms with E-state index in [9.17, 15) is 10.4 Å². The standard InChI is InChI=1S/C18H21NOS2.C7H16/c1-11(2)6-5-7-12(3)14(10-19)18-21-16-13(4)8-9-15(20)17(16)22-18;1-4-6-7(3)5-2/h8-9,11,20H,3,5-7H2,1-2,4H3;7H,4-6H2,1-3H3/b18-14+;. The van der Waals surface area contributed by atoms with E-state index in [0.717, 1.165) is 50.3 Å². The van der Waals surface area contributed by atoms with E-state index in [2.05, 4.69) is 47.3 Å². The highest BCUT2D eigenvalue weighted by Gasteiger charge is 2.26. The summed E-state index contributed by atoms with van der Waals surface area (Å²) in [4.78, 5) is 1.92. The molecule has 160 valence electrons. The summed E-state index contributed by atoms with van der Waals surface area (Å²) in [5.41, 5.74) is 2.71. The third-order valence-corrected chi connectivity index (χ3v) is 7.84. The highest BCUT2D eigenvalue weighted by atomic mass is 32.2. The third-order valence-electron chi connectivity index (χ3n) is 5.09. The van der Waals surface area contributed by atoms with Crippen LogP contribution in [0.1, 0.15) is 78.7 Å². The molecular weight excluding hydrogens is 394 g/mol. The molecule has 4 heteroatoms. The largest absolute Gasteiger partial charge is 0.507 e. The maximum Gasteiger partial charge on any atom is 0.130 e. The van der Waals surface area contributed by atoms with Gasteiger partial charge >= 0.3 is 0 Å². The molecule has 0 spiro atoms. The molecule has 1 N–H and O–H groups in total. The quantitative estimate of drug-likeness (QED) is 0.417. The lowest BCUT2D eigenvalue weighted by molar-refractivity contribution is 0.459. The molecule has 0 saturated heterocycles. The lowest BCUT2D eigenvalue weighted by Gasteiger charge is -2.08. The zero-order chi connectivity index (χ0) is 22.0. The molecule has 0 amide bonds. The van der Waals surface area contributed by atoms with Crippen molar-refractivity contribution in [2.75, 3.05) is 0 Å². The van der Waals surface area contributed by atoms with Gasteiger partial charge in [0.25, 0.3) is 0 Å². The van der Waals surface area contributed by atoms with Crippen LogP contribution < -0.4 is 0 Å². The highest BCUT2D eigenvalue weighted by Crippen LogP contribution is 2.57. The molecular formula is C25H37NOS2. The van der Waals surface area contributed by atoms with Crippen molar-refractivity contribution in [2.24, 2.45) is 11.8 Å². The van der Waals surface area contributed by atoms with Gasteiger partial charge in [-0.1, -0.05) is 96.5 Å². The molecule has 0 fully saturated rings. The van der Waals surface area contributed by atoms with Gasteiger partial charge in [-0.05, 0) is 48.8 Å². The monoisotopic (exact) mass is 431 g/mol. The smallest absolute Gasteiger partial charge is 0.130 e. The van der Waals surface area contributed by atoms with E-state index in [-0.39, 0.29) is 5.75 Å². The second-order valence-electron chi connectivity index (χ2n) is 8.23. The van der Waals surface area contributed by atoms with Gasteiger partial charge in [-0.2, -0.15) is 5.26 Å². The number of phenolic OH excluding ortho intramolecular Hbond substituents is 1. The molecule has 1 aliphatic rings. The summed E-state index contributed by atoms with van der Waals surface area (Å²) in [6, 6.07) is 5.94. The lowest BCUT2D eigenvalue weighted by Crippen LogP contribution is -1.92. The second kappa shape index (κ2) is 13.1. The Hall–Kier alpha value is -1.31. The molecule has 0 saturated carbocycles. The van der Waals surface area contributed by atoms with E-state index in [0.29, 0.717) is 11.5 Å². The molecule has 29 heavy (non-hydrogen) atoms. The van der Waals surface area contributed by atoms with Gasteiger partial charge in [-0.15, -0.1) is 0 Å². The van der Waals surface area contributed by atoms with Crippen LogP contribution in [0.15, 0.2) is 43.9 Å². The number of phenols is 1. The van der Waals surface area contributed by atoms with E-state index in [4.69, 9.17) is 0 Å². The number of nitrogens with zero attached hydrogens (tertiary/aromatic N) is 1. The number of fused-ring (bicyclic) bond motifs is 1. The van der Waals surface area contributed by atoms with Gasteiger partial charge in [0.15, 0.2) is 0 Å². The fourth-order valence-electron chi connectivity index (χ4n) is 3.00. The molecule has 1 atom stereocenters. The first-order valence-corrected chi connectivity index (χ1v) is 12.4. The molecule has 1 aromatic carbocycles. The minimum atomic E-state index is 0.288. The van der Waals surface area contributed by atoms with Gasteiger partial charge in [-0.3, -0.25) is 0 Å². The van der Waals surface area contributed by atoms with Gasteiger partial charge in [0.2, 0.25) is 0 Å².